The molecular formula is C29H52O3. The number of rotatable bonds is 9. The van der Waals surface area contributed by atoms with E-state index in [0.717, 1.165) is 68.3 Å². The number of aliphatic hydroxyl groups excluding tert-OH is 2. The third kappa shape index (κ3) is 4.57. The first-order chi connectivity index (χ1) is 15.3. The quantitative estimate of drug-likeness (QED) is 0.418. The van der Waals surface area contributed by atoms with Gasteiger partial charge in [-0.25, -0.2) is 0 Å². The van der Waals surface area contributed by atoms with Crippen molar-refractivity contribution < 1.29 is 14.9 Å². The molecule has 186 valence electrons. The number of hydrogen-bond donors (Lipinski definition) is 2. The Kier molecular flexibility index (Phi) is 8.00. The molecule has 0 spiro atoms. The Morgan fingerprint density at radius 3 is 2.44 bits per heavy atom. The van der Waals surface area contributed by atoms with Gasteiger partial charge in [0.2, 0.25) is 0 Å². The lowest BCUT2D eigenvalue weighted by Gasteiger charge is -2.61. The first-order valence-electron chi connectivity index (χ1n) is 14.2. The van der Waals surface area contributed by atoms with Crippen molar-refractivity contribution in [3.8, 4) is 0 Å². The van der Waals surface area contributed by atoms with Crippen molar-refractivity contribution in [1.82, 2.24) is 0 Å². The summed E-state index contributed by atoms with van der Waals surface area (Å²) < 4.78 is 5.25. The van der Waals surface area contributed by atoms with Crippen LogP contribution in [0.25, 0.3) is 0 Å². The van der Waals surface area contributed by atoms with E-state index >= 15 is 0 Å². The molecule has 0 amide bonds. The van der Waals surface area contributed by atoms with Gasteiger partial charge < -0.3 is 14.9 Å². The molecule has 4 saturated carbocycles. The van der Waals surface area contributed by atoms with Crippen molar-refractivity contribution in [2.45, 2.75) is 123 Å². The maximum Gasteiger partial charge on any atom is 0.0569 e. The van der Waals surface area contributed by atoms with Crippen LogP contribution >= 0.6 is 0 Å². The fourth-order valence-electron chi connectivity index (χ4n) is 9.57. The average Bonchev–Trinajstić information content (AvgIpc) is 3.11. The molecule has 0 bridgehead atoms. The van der Waals surface area contributed by atoms with Crippen LogP contribution in [0.1, 0.15) is 111 Å². The van der Waals surface area contributed by atoms with E-state index in [9.17, 15) is 10.2 Å². The van der Waals surface area contributed by atoms with E-state index in [1.54, 1.807) is 7.11 Å². The van der Waals surface area contributed by atoms with Gasteiger partial charge in [0.25, 0.3) is 0 Å². The Labute approximate surface area is 198 Å². The Balaban J connectivity index is 1.34. The highest BCUT2D eigenvalue weighted by Crippen LogP contribution is 2.67. The maximum atomic E-state index is 10.7. The molecule has 10 unspecified atom stereocenters. The lowest BCUT2D eigenvalue weighted by atomic mass is 9.44. The zero-order valence-electron chi connectivity index (χ0n) is 21.5. The zero-order valence-corrected chi connectivity index (χ0v) is 21.5. The van der Waals surface area contributed by atoms with E-state index < -0.39 is 0 Å². The van der Waals surface area contributed by atoms with Gasteiger partial charge in [0.1, 0.15) is 0 Å². The minimum absolute atomic E-state index is 0.0357. The molecule has 0 aromatic heterocycles. The molecular weight excluding hydrogens is 396 g/mol. The maximum absolute atomic E-state index is 10.7. The van der Waals surface area contributed by atoms with Crippen LogP contribution < -0.4 is 0 Å². The van der Waals surface area contributed by atoms with E-state index in [1.807, 2.05) is 0 Å². The number of methoxy groups -OCH3 is 1. The van der Waals surface area contributed by atoms with E-state index in [2.05, 4.69) is 20.8 Å². The van der Waals surface area contributed by atoms with Crippen LogP contribution in [0, 0.1) is 46.3 Å². The highest BCUT2D eigenvalue weighted by molar-refractivity contribution is 5.09. The second kappa shape index (κ2) is 10.2. The molecule has 4 fully saturated rings. The molecule has 4 rings (SSSR count). The molecule has 0 radical (unpaired) electrons. The highest BCUT2D eigenvalue weighted by atomic mass is 16.5. The van der Waals surface area contributed by atoms with Crippen molar-refractivity contribution in [1.29, 1.82) is 0 Å². The molecule has 3 nitrogen and oxygen atoms in total. The zero-order chi connectivity index (χ0) is 22.9. The third-order valence-corrected chi connectivity index (χ3v) is 11.6. The summed E-state index contributed by atoms with van der Waals surface area (Å²) in [6.07, 6.45) is 17.1. The summed E-state index contributed by atoms with van der Waals surface area (Å²) in [6.45, 7) is 8.21. The smallest absolute Gasteiger partial charge is 0.0569 e. The summed E-state index contributed by atoms with van der Waals surface area (Å²) in [7, 11) is 1.76. The minimum atomic E-state index is -0.159. The van der Waals surface area contributed by atoms with Crippen LogP contribution in [-0.2, 0) is 4.74 Å². The summed E-state index contributed by atoms with van der Waals surface area (Å²) in [5.74, 6) is 4.77. The van der Waals surface area contributed by atoms with Crippen LogP contribution in [0.3, 0.4) is 0 Å². The number of ether oxygens (including phenoxy) is 1. The van der Waals surface area contributed by atoms with Crippen molar-refractivity contribution in [2.24, 2.45) is 46.3 Å². The van der Waals surface area contributed by atoms with Crippen LogP contribution in [0.5, 0.6) is 0 Å². The molecule has 0 aromatic rings. The highest BCUT2D eigenvalue weighted by Gasteiger charge is 2.59. The molecule has 0 saturated heterocycles. The second-order valence-electron chi connectivity index (χ2n) is 12.9. The minimum Gasteiger partial charge on any atom is -0.393 e. The molecule has 4 aliphatic rings. The molecule has 10 atom stereocenters. The first kappa shape index (κ1) is 25.0. The van der Waals surface area contributed by atoms with Gasteiger partial charge in [-0.2, -0.15) is 0 Å². The molecule has 2 N–H and O–H groups in total. The van der Waals surface area contributed by atoms with Gasteiger partial charge in [0.15, 0.2) is 0 Å². The second-order valence-corrected chi connectivity index (χ2v) is 12.9. The summed E-state index contributed by atoms with van der Waals surface area (Å²) in [5.41, 5.74) is 1.02. The molecule has 0 heterocycles. The Morgan fingerprint density at radius 1 is 0.938 bits per heavy atom. The lowest BCUT2D eigenvalue weighted by Crippen LogP contribution is -2.53. The van der Waals surface area contributed by atoms with Gasteiger partial charge in [-0.05, 0) is 123 Å². The summed E-state index contributed by atoms with van der Waals surface area (Å²) in [5, 5.41) is 21.0. The topological polar surface area (TPSA) is 49.7 Å². The van der Waals surface area contributed by atoms with Crippen molar-refractivity contribution in [2.75, 3.05) is 13.7 Å². The monoisotopic (exact) mass is 448 g/mol. The molecule has 32 heavy (non-hydrogen) atoms. The summed E-state index contributed by atoms with van der Waals surface area (Å²) in [4.78, 5) is 0. The number of aliphatic hydroxyl groups is 2. The average molecular weight is 449 g/mol. The third-order valence-electron chi connectivity index (χ3n) is 11.6. The summed E-state index contributed by atoms with van der Waals surface area (Å²) in [6, 6.07) is 0. The number of hydrogen-bond acceptors (Lipinski definition) is 3. The molecule has 3 heteroatoms. The van der Waals surface area contributed by atoms with Gasteiger partial charge in [-0.3, -0.25) is 0 Å². The molecule has 4 aliphatic carbocycles. The van der Waals surface area contributed by atoms with Crippen LogP contribution in [0.2, 0.25) is 0 Å². The van der Waals surface area contributed by atoms with Crippen LogP contribution in [0.4, 0.5) is 0 Å². The Bertz CT molecular complexity index is 607. The van der Waals surface area contributed by atoms with E-state index in [0.29, 0.717) is 16.7 Å². The SMILES string of the molecule is CCC(CCOC)C(O)CCCC1CCC2C3CCC4CC(O)CCC4(C)C3CCC12C. The normalized spacial score (nSPS) is 45.6. The summed E-state index contributed by atoms with van der Waals surface area (Å²) >= 11 is 0. The predicted octanol–water partition coefficient (Wildman–Crippen LogP) is 6.60. The predicted molar refractivity (Wildman–Crippen MR) is 131 cm³/mol. The van der Waals surface area contributed by atoms with Crippen LogP contribution in [-0.4, -0.2) is 36.1 Å². The molecule has 0 aliphatic heterocycles. The van der Waals surface area contributed by atoms with Crippen molar-refractivity contribution in [3.63, 3.8) is 0 Å². The van der Waals surface area contributed by atoms with Gasteiger partial charge in [0.05, 0.1) is 12.2 Å². The van der Waals surface area contributed by atoms with Crippen LogP contribution in [0.15, 0.2) is 0 Å². The first-order valence-corrected chi connectivity index (χ1v) is 14.2. The lowest BCUT2D eigenvalue weighted by molar-refractivity contribution is -0.127. The van der Waals surface area contributed by atoms with E-state index in [1.165, 1.54) is 57.8 Å². The van der Waals surface area contributed by atoms with Gasteiger partial charge in [-0.1, -0.05) is 33.6 Å². The number of fused-ring (bicyclic) bond motifs is 5. The molecule has 0 aromatic carbocycles. The fourth-order valence-corrected chi connectivity index (χ4v) is 9.57. The van der Waals surface area contributed by atoms with Gasteiger partial charge >= 0.3 is 0 Å². The van der Waals surface area contributed by atoms with Gasteiger partial charge in [-0.15, -0.1) is 0 Å². The largest absolute Gasteiger partial charge is 0.393 e. The van der Waals surface area contributed by atoms with Gasteiger partial charge in [0, 0.05) is 13.7 Å². The standard InChI is InChI=1S/C29H52O3/c1-5-20(15-18-32-4)27(31)8-6-7-21-10-12-25-24-11-9-22-19-23(30)13-16-29(22,3)26(24)14-17-28(21,25)2/h20-27,30-31H,5-19H2,1-4H3. The van der Waals surface area contributed by atoms with E-state index in [-0.39, 0.29) is 12.2 Å². The Morgan fingerprint density at radius 2 is 1.69 bits per heavy atom. The van der Waals surface area contributed by atoms with E-state index in [4.69, 9.17) is 4.74 Å². The Hall–Kier alpha value is -0.120. The van der Waals surface area contributed by atoms with Crippen molar-refractivity contribution in [3.05, 3.63) is 0 Å². The fraction of sp³-hybridized carbons (Fsp3) is 1.00. The van der Waals surface area contributed by atoms with Crippen molar-refractivity contribution >= 4 is 0 Å².